The third-order valence-corrected chi connectivity index (χ3v) is 6.56. The van der Waals surface area contributed by atoms with Crippen LogP contribution in [0.2, 0.25) is 0 Å². The van der Waals surface area contributed by atoms with Gasteiger partial charge in [-0.25, -0.2) is 4.98 Å². The lowest BCUT2D eigenvalue weighted by molar-refractivity contribution is 0.102. The molecule has 0 saturated carbocycles. The molecule has 148 valence electrons. The maximum atomic E-state index is 12.9. The van der Waals surface area contributed by atoms with Gasteiger partial charge in [-0.1, -0.05) is 78.1 Å². The van der Waals surface area contributed by atoms with E-state index in [1.54, 1.807) is 0 Å². The largest absolute Gasteiger partial charge is 0.298 e. The summed E-state index contributed by atoms with van der Waals surface area (Å²) in [6, 6.07) is 26.4. The van der Waals surface area contributed by atoms with Crippen LogP contribution in [0.5, 0.6) is 0 Å². The Bertz CT molecular complexity index is 1130. The van der Waals surface area contributed by atoms with Crippen LogP contribution >= 0.6 is 11.3 Å². The topological polar surface area (TPSA) is 42.0 Å². The van der Waals surface area contributed by atoms with Crippen LogP contribution in [0, 0.1) is 0 Å². The number of hydrogen-bond acceptors (Lipinski definition) is 3. The first kappa shape index (κ1) is 18.8. The van der Waals surface area contributed by atoms with E-state index < -0.39 is 0 Å². The highest BCUT2D eigenvalue weighted by atomic mass is 32.1. The molecule has 4 aromatic rings. The van der Waals surface area contributed by atoms with Crippen molar-refractivity contribution in [2.75, 3.05) is 5.32 Å². The number of hydrogen-bond donors (Lipinski definition) is 1. The minimum atomic E-state index is -0.101. The van der Waals surface area contributed by atoms with E-state index in [1.165, 1.54) is 35.3 Å². The molecule has 30 heavy (non-hydrogen) atoms. The zero-order valence-corrected chi connectivity index (χ0v) is 17.4. The molecule has 0 atom stereocenters. The normalized spacial score (nSPS) is 12.9. The quantitative estimate of drug-likeness (QED) is 0.411. The molecule has 1 amide bonds. The zero-order chi connectivity index (χ0) is 20.3. The lowest BCUT2D eigenvalue weighted by atomic mass is 9.90. The number of aryl methyl sites for hydroxylation is 2. The van der Waals surface area contributed by atoms with Gasteiger partial charge in [0, 0.05) is 11.1 Å². The second-order valence-corrected chi connectivity index (χ2v) is 8.57. The molecule has 3 nitrogen and oxygen atoms in total. The molecule has 3 aromatic carbocycles. The smallest absolute Gasteiger partial charge is 0.257 e. The fraction of sp³-hybridized carbons (Fsp3) is 0.154. The molecule has 1 N–H and O–H groups in total. The highest BCUT2D eigenvalue weighted by molar-refractivity contribution is 7.19. The van der Waals surface area contributed by atoms with E-state index in [1.807, 2.05) is 48.5 Å². The number of anilines is 1. The zero-order valence-electron chi connectivity index (χ0n) is 16.6. The van der Waals surface area contributed by atoms with Gasteiger partial charge in [-0.3, -0.25) is 10.1 Å². The molecule has 0 bridgehead atoms. The number of carbonyl (C=O) groups excluding carboxylic acids is 1. The van der Waals surface area contributed by atoms with Gasteiger partial charge in [0.2, 0.25) is 0 Å². The summed E-state index contributed by atoms with van der Waals surface area (Å²) in [5.74, 6) is -0.101. The number of fused-ring (bicyclic) bond motifs is 1. The maximum Gasteiger partial charge on any atom is 0.257 e. The molecule has 0 fully saturated rings. The second-order valence-electron chi connectivity index (χ2n) is 7.57. The lowest BCUT2D eigenvalue weighted by Gasteiger charge is -2.16. The summed E-state index contributed by atoms with van der Waals surface area (Å²) >= 11 is 1.52. The van der Waals surface area contributed by atoms with Crippen molar-refractivity contribution in [1.29, 1.82) is 0 Å². The van der Waals surface area contributed by atoms with Crippen molar-refractivity contribution in [2.24, 2.45) is 0 Å². The van der Waals surface area contributed by atoms with Gasteiger partial charge in [0.15, 0.2) is 5.13 Å². The third kappa shape index (κ3) is 3.79. The Labute approximate surface area is 180 Å². The van der Waals surface area contributed by atoms with Crippen molar-refractivity contribution in [3.05, 3.63) is 95.6 Å². The average Bonchev–Trinajstić information content (AvgIpc) is 3.23. The molecule has 1 aliphatic rings. The minimum absolute atomic E-state index is 0.101. The van der Waals surface area contributed by atoms with Crippen molar-refractivity contribution in [1.82, 2.24) is 4.98 Å². The summed E-state index contributed by atoms with van der Waals surface area (Å²) in [6.07, 6.45) is 4.61. The van der Waals surface area contributed by atoms with Gasteiger partial charge < -0.3 is 0 Å². The Morgan fingerprint density at radius 1 is 0.800 bits per heavy atom. The monoisotopic (exact) mass is 410 g/mol. The number of rotatable bonds is 4. The van der Waals surface area contributed by atoms with Crippen molar-refractivity contribution in [3.63, 3.8) is 0 Å². The summed E-state index contributed by atoms with van der Waals surface area (Å²) < 4.78 is 0. The molecule has 0 saturated heterocycles. The van der Waals surface area contributed by atoms with Crippen molar-refractivity contribution in [2.45, 2.75) is 25.7 Å². The number of nitrogens with one attached hydrogen (secondary N) is 1. The molecule has 4 heteroatoms. The van der Waals surface area contributed by atoms with Crippen LogP contribution in [-0.2, 0) is 12.8 Å². The van der Waals surface area contributed by atoms with Gasteiger partial charge in [-0.05, 0) is 54.5 Å². The van der Waals surface area contributed by atoms with Crippen molar-refractivity contribution in [3.8, 4) is 21.7 Å². The molecule has 1 aromatic heterocycles. The van der Waals surface area contributed by atoms with Crippen LogP contribution in [0.15, 0.2) is 78.9 Å². The Kier molecular flexibility index (Phi) is 5.16. The minimum Gasteiger partial charge on any atom is -0.298 e. The molecule has 5 rings (SSSR count). The van der Waals surface area contributed by atoms with Gasteiger partial charge in [0.25, 0.3) is 5.91 Å². The predicted octanol–water partition coefficient (Wildman–Crippen LogP) is 6.61. The third-order valence-electron chi connectivity index (χ3n) is 5.54. The summed E-state index contributed by atoms with van der Waals surface area (Å²) in [7, 11) is 0. The molecule has 0 unspecified atom stereocenters. The second kappa shape index (κ2) is 8.25. The summed E-state index contributed by atoms with van der Waals surface area (Å²) in [5, 5.41) is 3.65. The van der Waals surface area contributed by atoms with E-state index in [2.05, 4.69) is 35.6 Å². The molecule has 1 aliphatic carbocycles. The fourth-order valence-corrected chi connectivity index (χ4v) is 4.98. The Morgan fingerprint density at radius 2 is 1.47 bits per heavy atom. The molecule has 0 aliphatic heterocycles. The standard InChI is InChI=1S/C26H22N2OS/c29-25(22-16-15-18-9-7-8-14-21(18)17-22)28-26-27-23(19-10-3-1-4-11-19)24(30-26)20-12-5-2-6-13-20/h1-6,10-13,15-17H,7-9,14H2,(H,27,28,29). The van der Waals surface area contributed by atoms with Crippen molar-refractivity contribution >= 4 is 22.4 Å². The highest BCUT2D eigenvalue weighted by Crippen LogP contribution is 2.39. The van der Waals surface area contributed by atoms with Crippen LogP contribution in [0.3, 0.4) is 0 Å². The summed E-state index contributed by atoms with van der Waals surface area (Å²) in [5.41, 5.74) is 6.43. The van der Waals surface area contributed by atoms with E-state index in [0.29, 0.717) is 10.7 Å². The van der Waals surface area contributed by atoms with Crippen molar-refractivity contribution < 1.29 is 4.79 Å². The van der Waals surface area contributed by atoms with Crippen LogP contribution < -0.4 is 5.32 Å². The fourth-order valence-electron chi connectivity index (χ4n) is 3.99. The highest BCUT2D eigenvalue weighted by Gasteiger charge is 2.18. The van der Waals surface area contributed by atoms with E-state index in [0.717, 1.165) is 34.5 Å². The molecule has 0 radical (unpaired) electrons. The van der Waals surface area contributed by atoms with E-state index >= 15 is 0 Å². The molecule has 1 heterocycles. The first-order valence-electron chi connectivity index (χ1n) is 10.3. The van der Waals surface area contributed by atoms with Gasteiger partial charge in [0.05, 0.1) is 10.6 Å². The Hall–Kier alpha value is -3.24. The summed E-state index contributed by atoms with van der Waals surface area (Å²) in [6.45, 7) is 0. The number of nitrogens with zero attached hydrogens (tertiary/aromatic N) is 1. The van der Waals surface area contributed by atoms with Gasteiger partial charge >= 0.3 is 0 Å². The SMILES string of the molecule is O=C(Nc1nc(-c2ccccc2)c(-c2ccccc2)s1)c1ccc2c(c1)CCCC2. The van der Waals surface area contributed by atoms with Crippen LogP contribution in [-0.4, -0.2) is 10.9 Å². The Morgan fingerprint density at radius 3 is 2.20 bits per heavy atom. The van der Waals surface area contributed by atoms with E-state index in [-0.39, 0.29) is 5.91 Å². The number of carbonyl (C=O) groups is 1. The van der Waals surface area contributed by atoms with Gasteiger partial charge in [-0.15, -0.1) is 0 Å². The first-order chi connectivity index (χ1) is 14.8. The van der Waals surface area contributed by atoms with Crippen LogP contribution in [0.4, 0.5) is 5.13 Å². The van der Waals surface area contributed by atoms with Gasteiger partial charge in [0.1, 0.15) is 0 Å². The molecular weight excluding hydrogens is 388 g/mol. The molecule has 0 spiro atoms. The summed E-state index contributed by atoms with van der Waals surface area (Å²) in [4.78, 5) is 18.8. The predicted molar refractivity (Wildman–Crippen MR) is 124 cm³/mol. The Balaban J connectivity index is 1.48. The lowest BCUT2D eigenvalue weighted by Crippen LogP contribution is -2.13. The van der Waals surface area contributed by atoms with E-state index in [9.17, 15) is 4.79 Å². The van der Waals surface area contributed by atoms with Gasteiger partial charge in [-0.2, -0.15) is 0 Å². The van der Waals surface area contributed by atoms with E-state index in [4.69, 9.17) is 4.98 Å². The number of thiazole rings is 1. The number of amides is 1. The average molecular weight is 411 g/mol. The van der Waals surface area contributed by atoms with Crippen LogP contribution in [0.25, 0.3) is 21.7 Å². The van der Waals surface area contributed by atoms with Crippen LogP contribution in [0.1, 0.15) is 34.3 Å². The molecular formula is C26H22N2OS. The number of benzene rings is 3. The number of aromatic nitrogens is 1. The first-order valence-corrected chi connectivity index (χ1v) is 11.1. The maximum absolute atomic E-state index is 12.9.